The lowest BCUT2D eigenvalue weighted by Gasteiger charge is -2.31. The van der Waals surface area contributed by atoms with Crippen LogP contribution >= 0.6 is 0 Å². The Morgan fingerprint density at radius 3 is 3.10 bits per heavy atom. The van der Waals surface area contributed by atoms with Gasteiger partial charge in [-0.1, -0.05) is 6.92 Å². The Balaban J connectivity index is 2.25. The second-order valence-electron chi connectivity index (χ2n) is 2.94. The lowest BCUT2D eigenvalue weighted by atomic mass is 10.1. The third kappa shape index (κ3) is 1.96. The Bertz CT molecular complexity index is 83.3. The van der Waals surface area contributed by atoms with Crippen molar-refractivity contribution in [1.29, 1.82) is 0 Å². The number of rotatable bonds is 2. The summed E-state index contributed by atoms with van der Waals surface area (Å²) in [7, 11) is 3.70. The molecule has 0 spiro atoms. The monoisotopic (exact) mass is 141 g/mol. The van der Waals surface area contributed by atoms with Crippen LogP contribution < -0.4 is 5.32 Å². The number of nitrogens with one attached hydrogen (secondary N) is 1. The minimum atomic E-state index is 0.633. The van der Waals surface area contributed by atoms with Gasteiger partial charge in [0.15, 0.2) is 0 Å². The number of likely N-dealkylation sites (N-methyl/N-ethyl adjacent to an activating group) is 1. The first-order valence-corrected chi connectivity index (χ1v) is 4.11. The summed E-state index contributed by atoms with van der Waals surface area (Å²) in [6.45, 7) is 5.85. The second-order valence-corrected chi connectivity index (χ2v) is 2.94. The standard InChI is InChI=1S/C8H17N2/c1-3-10-6-4-5-8(7-10)9-2/h8-9H,2-7H2,1H3. The lowest BCUT2D eigenvalue weighted by Crippen LogP contribution is -2.43. The Kier molecular flexibility index (Phi) is 3.16. The van der Waals surface area contributed by atoms with Gasteiger partial charge in [0.1, 0.15) is 0 Å². The molecule has 1 saturated heterocycles. The summed E-state index contributed by atoms with van der Waals surface area (Å²) in [6, 6.07) is 0.633. The first-order chi connectivity index (χ1) is 4.86. The van der Waals surface area contributed by atoms with Gasteiger partial charge in [0, 0.05) is 19.6 Å². The highest BCUT2D eigenvalue weighted by molar-refractivity contribution is 4.76. The predicted octanol–water partition coefficient (Wildman–Crippen LogP) is 0.852. The fourth-order valence-corrected chi connectivity index (χ4v) is 1.51. The topological polar surface area (TPSA) is 15.3 Å². The molecule has 0 bridgehead atoms. The van der Waals surface area contributed by atoms with Gasteiger partial charge in [-0.25, -0.2) is 0 Å². The Labute approximate surface area is 63.6 Å². The molecule has 1 fully saturated rings. The molecule has 2 heteroatoms. The van der Waals surface area contributed by atoms with Crippen molar-refractivity contribution in [3.05, 3.63) is 7.05 Å². The highest BCUT2D eigenvalue weighted by Crippen LogP contribution is 2.08. The van der Waals surface area contributed by atoms with Crippen LogP contribution in [0.15, 0.2) is 0 Å². The van der Waals surface area contributed by atoms with E-state index in [1.165, 1.54) is 32.5 Å². The number of nitrogens with zero attached hydrogens (tertiary/aromatic N) is 1. The van der Waals surface area contributed by atoms with Gasteiger partial charge in [0.2, 0.25) is 0 Å². The molecule has 1 heterocycles. The van der Waals surface area contributed by atoms with Crippen LogP contribution in [-0.2, 0) is 0 Å². The molecule has 0 aromatic rings. The Morgan fingerprint density at radius 1 is 1.70 bits per heavy atom. The van der Waals surface area contributed by atoms with Crippen LogP contribution in [0.4, 0.5) is 0 Å². The molecule has 1 aliphatic heterocycles. The molecule has 1 aliphatic rings. The van der Waals surface area contributed by atoms with Crippen LogP contribution in [-0.4, -0.2) is 30.6 Å². The van der Waals surface area contributed by atoms with E-state index in [2.05, 4.69) is 24.2 Å². The molecule has 10 heavy (non-hydrogen) atoms. The first kappa shape index (κ1) is 8.02. The van der Waals surface area contributed by atoms with E-state index >= 15 is 0 Å². The molecule has 1 rings (SSSR count). The van der Waals surface area contributed by atoms with E-state index in [4.69, 9.17) is 0 Å². The van der Waals surface area contributed by atoms with Crippen molar-refractivity contribution in [2.45, 2.75) is 25.8 Å². The summed E-state index contributed by atoms with van der Waals surface area (Å²) in [5, 5.41) is 3.08. The first-order valence-electron chi connectivity index (χ1n) is 4.11. The molecular formula is C8H17N2. The molecule has 1 unspecified atom stereocenters. The minimum absolute atomic E-state index is 0.633. The zero-order chi connectivity index (χ0) is 7.40. The number of likely N-dealkylation sites (tertiary alicyclic amines) is 1. The normalized spacial score (nSPS) is 28.8. The van der Waals surface area contributed by atoms with Crippen LogP contribution in [0.5, 0.6) is 0 Å². The van der Waals surface area contributed by atoms with Gasteiger partial charge in [-0.05, 0) is 25.9 Å². The van der Waals surface area contributed by atoms with Crippen molar-refractivity contribution in [2.75, 3.05) is 19.6 Å². The van der Waals surface area contributed by atoms with E-state index in [9.17, 15) is 0 Å². The number of hydrogen-bond acceptors (Lipinski definition) is 2. The van der Waals surface area contributed by atoms with Gasteiger partial charge in [-0.15, -0.1) is 0 Å². The summed E-state index contributed by atoms with van der Waals surface area (Å²) < 4.78 is 0. The van der Waals surface area contributed by atoms with Crippen molar-refractivity contribution < 1.29 is 0 Å². The Morgan fingerprint density at radius 2 is 2.50 bits per heavy atom. The quantitative estimate of drug-likeness (QED) is 0.613. The molecule has 1 atom stereocenters. The third-order valence-corrected chi connectivity index (χ3v) is 2.24. The van der Waals surface area contributed by atoms with E-state index in [1.54, 1.807) is 0 Å². The van der Waals surface area contributed by atoms with E-state index < -0.39 is 0 Å². The molecule has 1 radical (unpaired) electrons. The largest absolute Gasteiger partial charge is 0.311 e. The van der Waals surface area contributed by atoms with Crippen molar-refractivity contribution >= 4 is 0 Å². The van der Waals surface area contributed by atoms with Crippen molar-refractivity contribution in [3.8, 4) is 0 Å². The van der Waals surface area contributed by atoms with Crippen LogP contribution in [0.3, 0.4) is 0 Å². The fraction of sp³-hybridized carbons (Fsp3) is 0.875. The summed E-state index contributed by atoms with van der Waals surface area (Å²) in [4.78, 5) is 2.46. The van der Waals surface area contributed by atoms with Crippen LogP contribution in [0.1, 0.15) is 19.8 Å². The smallest absolute Gasteiger partial charge is 0.0196 e. The average Bonchev–Trinajstić information content (AvgIpc) is 2.05. The highest BCUT2D eigenvalue weighted by Gasteiger charge is 2.15. The Hall–Kier alpha value is -0.0800. The summed E-state index contributed by atoms with van der Waals surface area (Å²) in [5.41, 5.74) is 0. The zero-order valence-electron chi connectivity index (χ0n) is 6.77. The van der Waals surface area contributed by atoms with Crippen LogP contribution in [0.2, 0.25) is 0 Å². The molecule has 0 aliphatic carbocycles. The zero-order valence-corrected chi connectivity index (χ0v) is 6.77. The second kappa shape index (κ2) is 3.94. The summed E-state index contributed by atoms with van der Waals surface area (Å²) in [5.74, 6) is 0. The van der Waals surface area contributed by atoms with Crippen molar-refractivity contribution in [1.82, 2.24) is 10.2 Å². The summed E-state index contributed by atoms with van der Waals surface area (Å²) >= 11 is 0. The van der Waals surface area contributed by atoms with Crippen LogP contribution in [0.25, 0.3) is 0 Å². The lowest BCUT2D eigenvalue weighted by molar-refractivity contribution is 0.207. The van der Waals surface area contributed by atoms with Gasteiger partial charge in [-0.2, -0.15) is 0 Å². The van der Waals surface area contributed by atoms with E-state index in [1.807, 2.05) is 0 Å². The maximum absolute atomic E-state index is 3.70. The van der Waals surface area contributed by atoms with Crippen molar-refractivity contribution in [2.24, 2.45) is 0 Å². The number of piperidine rings is 1. The van der Waals surface area contributed by atoms with Crippen molar-refractivity contribution in [3.63, 3.8) is 0 Å². The third-order valence-electron chi connectivity index (χ3n) is 2.24. The fourth-order valence-electron chi connectivity index (χ4n) is 1.51. The van der Waals surface area contributed by atoms with Gasteiger partial charge in [0.05, 0.1) is 0 Å². The molecule has 0 aromatic carbocycles. The molecule has 59 valence electrons. The maximum Gasteiger partial charge on any atom is 0.0196 e. The average molecular weight is 141 g/mol. The van der Waals surface area contributed by atoms with Gasteiger partial charge >= 0.3 is 0 Å². The molecule has 2 nitrogen and oxygen atoms in total. The molecule has 0 amide bonds. The molecular weight excluding hydrogens is 124 g/mol. The minimum Gasteiger partial charge on any atom is -0.311 e. The van der Waals surface area contributed by atoms with E-state index in [-0.39, 0.29) is 0 Å². The predicted molar refractivity (Wildman–Crippen MR) is 43.6 cm³/mol. The number of hydrogen-bond donors (Lipinski definition) is 1. The molecule has 0 saturated carbocycles. The van der Waals surface area contributed by atoms with Gasteiger partial charge in [-0.3, -0.25) is 0 Å². The van der Waals surface area contributed by atoms with Gasteiger partial charge in [0.25, 0.3) is 0 Å². The van der Waals surface area contributed by atoms with Gasteiger partial charge < -0.3 is 10.2 Å². The molecule has 0 aromatic heterocycles. The molecule has 1 N–H and O–H groups in total. The van der Waals surface area contributed by atoms with E-state index in [0.29, 0.717) is 6.04 Å². The highest BCUT2D eigenvalue weighted by atomic mass is 15.1. The SMILES string of the molecule is [CH2]NC1CCCN(CC)C1. The van der Waals surface area contributed by atoms with Crippen LogP contribution in [0, 0.1) is 7.05 Å². The summed E-state index contributed by atoms with van der Waals surface area (Å²) in [6.07, 6.45) is 2.61. The maximum atomic E-state index is 3.70. The van der Waals surface area contributed by atoms with E-state index in [0.717, 1.165) is 0 Å².